The van der Waals surface area contributed by atoms with Crippen molar-refractivity contribution in [1.82, 2.24) is 5.32 Å². The van der Waals surface area contributed by atoms with Crippen molar-refractivity contribution in [2.75, 3.05) is 0 Å². The van der Waals surface area contributed by atoms with E-state index in [4.69, 9.17) is 10.9 Å². The molecule has 1 fully saturated rings. The SMILES string of the molecule is CC(Cc1ccc(F)cc1)NC(=O)C1(/C(N)=N/O)CC1. The van der Waals surface area contributed by atoms with E-state index in [1.165, 1.54) is 12.1 Å². The van der Waals surface area contributed by atoms with Gasteiger partial charge in [0.25, 0.3) is 0 Å². The summed E-state index contributed by atoms with van der Waals surface area (Å²) in [6.45, 7) is 1.86. The number of carbonyl (C=O) groups excluding carboxylic acids is 1. The molecule has 0 radical (unpaired) electrons. The van der Waals surface area contributed by atoms with E-state index in [-0.39, 0.29) is 23.6 Å². The highest BCUT2D eigenvalue weighted by Crippen LogP contribution is 2.46. The maximum atomic E-state index is 12.8. The summed E-state index contributed by atoms with van der Waals surface area (Å²) in [6, 6.07) is 6.05. The molecular weight excluding hydrogens is 261 g/mol. The van der Waals surface area contributed by atoms with Gasteiger partial charge >= 0.3 is 0 Å². The molecule has 1 atom stereocenters. The first kappa shape index (κ1) is 14.3. The Bertz CT molecular complexity index is 524. The maximum Gasteiger partial charge on any atom is 0.234 e. The zero-order chi connectivity index (χ0) is 14.8. The molecule has 5 nitrogen and oxygen atoms in total. The van der Waals surface area contributed by atoms with Gasteiger partial charge in [-0.15, -0.1) is 0 Å². The van der Waals surface area contributed by atoms with Crippen LogP contribution in [0.25, 0.3) is 0 Å². The minimum Gasteiger partial charge on any atom is -0.409 e. The molecule has 1 aliphatic carbocycles. The number of nitrogens with one attached hydrogen (secondary N) is 1. The molecule has 0 heterocycles. The van der Waals surface area contributed by atoms with Gasteiger partial charge in [0.05, 0.1) is 0 Å². The fourth-order valence-corrected chi connectivity index (χ4v) is 2.21. The number of oxime groups is 1. The first-order chi connectivity index (χ1) is 9.48. The van der Waals surface area contributed by atoms with Gasteiger partial charge in [-0.3, -0.25) is 4.79 Å². The highest BCUT2D eigenvalue weighted by molar-refractivity contribution is 6.09. The van der Waals surface area contributed by atoms with Gasteiger partial charge in [-0.25, -0.2) is 4.39 Å². The summed E-state index contributed by atoms with van der Waals surface area (Å²) in [5.41, 5.74) is 5.65. The second-order valence-corrected chi connectivity index (χ2v) is 5.27. The van der Waals surface area contributed by atoms with Crippen LogP contribution in [0.4, 0.5) is 4.39 Å². The number of amidine groups is 1. The van der Waals surface area contributed by atoms with Crippen molar-refractivity contribution in [2.45, 2.75) is 32.2 Å². The van der Waals surface area contributed by atoms with Crippen LogP contribution in [-0.4, -0.2) is 23.0 Å². The normalized spacial score (nSPS) is 18.4. The Labute approximate surface area is 116 Å². The molecule has 4 N–H and O–H groups in total. The monoisotopic (exact) mass is 279 g/mol. The smallest absolute Gasteiger partial charge is 0.234 e. The number of benzene rings is 1. The number of nitrogens with zero attached hydrogens (tertiary/aromatic N) is 1. The molecule has 1 aromatic carbocycles. The number of carbonyl (C=O) groups is 1. The van der Waals surface area contributed by atoms with Crippen LogP contribution in [0, 0.1) is 11.2 Å². The van der Waals surface area contributed by atoms with Crippen molar-refractivity contribution in [3.05, 3.63) is 35.6 Å². The van der Waals surface area contributed by atoms with E-state index in [2.05, 4.69) is 10.5 Å². The molecule has 1 amide bonds. The fraction of sp³-hybridized carbons (Fsp3) is 0.429. The molecule has 0 spiro atoms. The topological polar surface area (TPSA) is 87.7 Å². The van der Waals surface area contributed by atoms with Crippen LogP contribution in [0.1, 0.15) is 25.3 Å². The summed E-state index contributed by atoms with van der Waals surface area (Å²) in [7, 11) is 0. The number of nitrogens with two attached hydrogens (primary N) is 1. The van der Waals surface area contributed by atoms with Gasteiger partial charge in [0.2, 0.25) is 5.91 Å². The van der Waals surface area contributed by atoms with Crippen molar-refractivity contribution in [1.29, 1.82) is 0 Å². The molecule has 1 saturated carbocycles. The molecule has 6 heteroatoms. The van der Waals surface area contributed by atoms with E-state index in [1.807, 2.05) is 6.92 Å². The second-order valence-electron chi connectivity index (χ2n) is 5.27. The first-order valence-corrected chi connectivity index (χ1v) is 6.51. The van der Waals surface area contributed by atoms with E-state index in [1.54, 1.807) is 12.1 Å². The largest absolute Gasteiger partial charge is 0.409 e. The minimum absolute atomic E-state index is 0.0380. The van der Waals surface area contributed by atoms with E-state index < -0.39 is 5.41 Å². The van der Waals surface area contributed by atoms with Gasteiger partial charge < -0.3 is 16.3 Å². The third kappa shape index (κ3) is 2.89. The number of amides is 1. The Morgan fingerprint density at radius 1 is 1.50 bits per heavy atom. The summed E-state index contributed by atoms with van der Waals surface area (Å²) >= 11 is 0. The standard InChI is InChI=1S/C14H18FN3O2/c1-9(8-10-2-4-11(15)5-3-10)17-13(19)14(6-7-14)12(16)18-20/h2-5,9,20H,6-8H2,1H3,(H2,16,18)(H,17,19). The van der Waals surface area contributed by atoms with Gasteiger partial charge in [0.15, 0.2) is 5.84 Å². The lowest BCUT2D eigenvalue weighted by Crippen LogP contribution is -2.44. The van der Waals surface area contributed by atoms with Crippen molar-refractivity contribution < 1.29 is 14.4 Å². The first-order valence-electron chi connectivity index (χ1n) is 6.51. The van der Waals surface area contributed by atoms with Gasteiger partial charge in [0, 0.05) is 6.04 Å². The van der Waals surface area contributed by atoms with E-state index in [0.29, 0.717) is 19.3 Å². The summed E-state index contributed by atoms with van der Waals surface area (Å²) in [4.78, 5) is 12.1. The van der Waals surface area contributed by atoms with Crippen molar-refractivity contribution in [2.24, 2.45) is 16.3 Å². The zero-order valence-electron chi connectivity index (χ0n) is 11.3. The minimum atomic E-state index is -0.841. The Morgan fingerprint density at radius 3 is 2.60 bits per heavy atom. The lowest BCUT2D eigenvalue weighted by Gasteiger charge is -2.18. The summed E-state index contributed by atoms with van der Waals surface area (Å²) in [5, 5.41) is 14.5. The van der Waals surface area contributed by atoms with Crippen LogP contribution in [-0.2, 0) is 11.2 Å². The van der Waals surface area contributed by atoms with Crippen molar-refractivity contribution in [3.8, 4) is 0 Å². The number of hydrogen-bond acceptors (Lipinski definition) is 3. The average molecular weight is 279 g/mol. The van der Waals surface area contributed by atoms with E-state index in [0.717, 1.165) is 5.56 Å². The summed E-state index contributed by atoms with van der Waals surface area (Å²) in [6.07, 6.45) is 1.79. The van der Waals surface area contributed by atoms with Crippen LogP contribution < -0.4 is 11.1 Å². The number of halogens is 1. The van der Waals surface area contributed by atoms with Crippen molar-refractivity contribution in [3.63, 3.8) is 0 Å². The Morgan fingerprint density at radius 2 is 2.10 bits per heavy atom. The maximum absolute atomic E-state index is 12.8. The van der Waals surface area contributed by atoms with Crippen LogP contribution >= 0.6 is 0 Å². The molecule has 1 aliphatic rings. The van der Waals surface area contributed by atoms with Gasteiger partial charge in [-0.05, 0) is 43.9 Å². The number of rotatable bonds is 5. The predicted molar refractivity (Wildman–Crippen MR) is 72.8 cm³/mol. The van der Waals surface area contributed by atoms with Gasteiger partial charge in [-0.1, -0.05) is 17.3 Å². The molecular formula is C14H18FN3O2. The quantitative estimate of drug-likeness (QED) is 0.329. The van der Waals surface area contributed by atoms with Crippen LogP contribution in [0.5, 0.6) is 0 Å². The second kappa shape index (κ2) is 5.48. The van der Waals surface area contributed by atoms with Crippen LogP contribution in [0.15, 0.2) is 29.4 Å². The number of hydrogen-bond donors (Lipinski definition) is 3. The molecule has 0 aromatic heterocycles. The molecule has 1 aromatic rings. The van der Waals surface area contributed by atoms with E-state index in [9.17, 15) is 9.18 Å². The Hall–Kier alpha value is -2.11. The Kier molecular flexibility index (Phi) is 3.92. The Balaban J connectivity index is 1.93. The van der Waals surface area contributed by atoms with Crippen molar-refractivity contribution >= 4 is 11.7 Å². The highest BCUT2D eigenvalue weighted by Gasteiger charge is 2.54. The van der Waals surface area contributed by atoms with Crippen LogP contribution in [0.2, 0.25) is 0 Å². The molecule has 1 unspecified atom stereocenters. The molecule has 0 aliphatic heterocycles. The molecule has 2 rings (SSSR count). The fourth-order valence-electron chi connectivity index (χ4n) is 2.21. The average Bonchev–Trinajstić information content (AvgIpc) is 3.22. The van der Waals surface area contributed by atoms with E-state index >= 15 is 0 Å². The lowest BCUT2D eigenvalue weighted by molar-refractivity contribution is -0.124. The predicted octanol–water partition coefficient (Wildman–Crippen LogP) is 1.40. The highest BCUT2D eigenvalue weighted by atomic mass is 19.1. The summed E-state index contributed by atoms with van der Waals surface area (Å²) in [5.74, 6) is -0.541. The third-order valence-electron chi connectivity index (χ3n) is 3.62. The molecule has 108 valence electrons. The zero-order valence-corrected chi connectivity index (χ0v) is 11.3. The summed E-state index contributed by atoms with van der Waals surface area (Å²) < 4.78 is 12.8. The van der Waals surface area contributed by atoms with Crippen LogP contribution in [0.3, 0.4) is 0 Å². The van der Waals surface area contributed by atoms with Gasteiger partial charge in [0.1, 0.15) is 11.2 Å². The third-order valence-corrected chi connectivity index (χ3v) is 3.62. The molecule has 0 bridgehead atoms. The molecule has 20 heavy (non-hydrogen) atoms. The lowest BCUT2D eigenvalue weighted by atomic mass is 10.0. The molecule has 0 saturated heterocycles. The van der Waals surface area contributed by atoms with Gasteiger partial charge in [-0.2, -0.15) is 0 Å².